The molecule has 1 heterocycles. The highest BCUT2D eigenvalue weighted by Crippen LogP contribution is 2.21. The van der Waals surface area contributed by atoms with Crippen LogP contribution >= 0.6 is 23.2 Å². The summed E-state index contributed by atoms with van der Waals surface area (Å²) in [6.07, 6.45) is 1.90. The van der Waals surface area contributed by atoms with Crippen LogP contribution in [0.2, 0.25) is 10.0 Å². The first-order valence-corrected chi connectivity index (χ1v) is 6.37. The van der Waals surface area contributed by atoms with Crippen molar-refractivity contribution < 1.29 is 4.39 Å². The van der Waals surface area contributed by atoms with E-state index in [-0.39, 0.29) is 11.9 Å². The Morgan fingerprint density at radius 2 is 1.95 bits per heavy atom. The van der Waals surface area contributed by atoms with Crippen LogP contribution in [-0.4, -0.2) is 4.98 Å². The maximum absolute atomic E-state index is 13.7. The van der Waals surface area contributed by atoms with E-state index in [2.05, 4.69) is 10.4 Å². The molecule has 0 aliphatic heterocycles. The third-order valence-corrected chi connectivity index (χ3v) is 3.21. The molecule has 0 radical (unpaired) electrons. The third kappa shape index (κ3) is 3.64. The molecule has 1 aromatic heterocycles. The van der Waals surface area contributed by atoms with E-state index in [1.54, 1.807) is 24.3 Å². The van der Waals surface area contributed by atoms with Crippen molar-refractivity contribution in [2.75, 3.05) is 0 Å². The van der Waals surface area contributed by atoms with E-state index in [0.717, 1.165) is 0 Å². The molecule has 0 aliphatic rings. The van der Waals surface area contributed by atoms with Gasteiger partial charge < -0.3 is 0 Å². The number of halogens is 3. The summed E-state index contributed by atoms with van der Waals surface area (Å²) in [6.45, 7) is 0. The number of nitrogens with two attached hydrogens (primary N) is 1. The maximum Gasteiger partial charge on any atom is 0.127 e. The molecule has 0 bridgehead atoms. The molecule has 0 fully saturated rings. The van der Waals surface area contributed by atoms with Gasteiger partial charge in [-0.2, -0.15) is 0 Å². The summed E-state index contributed by atoms with van der Waals surface area (Å²) >= 11 is 11.5. The molecular formula is C13H12Cl2FN3. The van der Waals surface area contributed by atoms with Crippen LogP contribution in [0, 0.1) is 5.82 Å². The molecule has 0 spiro atoms. The second kappa shape index (κ2) is 6.30. The Morgan fingerprint density at radius 1 is 1.21 bits per heavy atom. The summed E-state index contributed by atoms with van der Waals surface area (Å²) in [5.74, 6) is 5.14. The van der Waals surface area contributed by atoms with Crippen LogP contribution in [0.3, 0.4) is 0 Å². The Kier molecular flexibility index (Phi) is 4.71. The number of aromatic nitrogens is 1. The minimum Gasteiger partial charge on any atom is -0.271 e. The van der Waals surface area contributed by atoms with Gasteiger partial charge >= 0.3 is 0 Å². The van der Waals surface area contributed by atoms with E-state index in [9.17, 15) is 4.39 Å². The van der Waals surface area contributed by atoms with Crippen LogP contribution in [0.1, 0.15) is 17.3 Å². The predicted octanol–water partition coefficient (Wildman–Crippen LogP) is 3.27. The topological polar surface area (TPSA) is 50.9 Å². The van der Waals surface area contributed by atoms with Gasteiger partial charge in [0.1, 0.15) is 5.82 Å². The second-order valence-corrected chi connectivity index (χ2v) is 4.93. The Balaban J connectivity index is 2.21. The molecule has 0 amide bonds. The highest BCUT2D eigenvalue weighted by Gasteiger charge is 2.14. The van der Waals surface area contributed by atoms with Crippen LogP contribution in [0.25, 0.3) is 0 Å². The van der Waals surface area contributed by atoms with Gasteiger partial charge in [0.05, 0.1) is 16.8 Å². The molecule has 100 valence electrons. The summed E-state index contributed by atoms with van der Waals surface area (Å²) < 4.78 is 13.7. The molecule has 1 atom stereocenters. The molecule has 3 N–H and O–H groups in total. The molecule has 2 rings (SSSR count). The average Bonchev–Trinajstić information content (AvgIpc) is 2.39. The van der Waals surface area contributed by atoms with Gasteiger partial charge in [-0.3, -0.25) is 16.3 Å². The number of hydrogen-bond donors (Lipinski definition) is 2. The highest BCUT2D eigenvalue weighted by atomic mass is 35.5. The van der Waals surface area contributed by atoms with Crippen LogP contribution < -0.4 is 11.3 Å². The van der Waals surface area contributed by atoms with Gasteiger partial charge in [-0.15, -0.1) is 0 Å². The van der Waals surface area contributed by atoms with Gasteiger partial charge in [0.25, 0.3) is 0 Å². The summed E-state index contributed by atoms with van der Waals surface area (Å²) in [6, 6.07) is 7.72. The number of rotatable bonds is 4. The van der Waals surface area contributed by atoms with Gasteiger partial charge in [-0.1, -0.05) is 29.3 Å². The Morgan fingerprint density at radius 3 is 2.53 bits per heavy atom. The number of pyridine rings is 1. The molecule has 0 saturated carbocycles. The van der Waals surface area contributed by atoms with Gasteiger partial charge in [-0.05, 0) is 36.2 Å². The van der Waals surface area contributed by atoms with Crippen LogP contribution in [-0.2, 0) is 6.42 Å². The summed E-state index contributed by atoms with van der Waals surface area (Å²) in [7, 11) is 0. The monoisotopic (exact) mass is 299 g/mol. The minimum atomic E-state index is -0.360. The first-order valence-electron chi connectivity index (χ1n) is 5.61. The van der Waals surface area contributed by atoms with Crippen molar-refractivity contribution in [2.45, 2.75) is 12.5 Å². The van der Waals surface area contributed by atoms with Crippen molar-refractivity contribution in [3.05, 3.63) is 63.6 Å². The number of hydrogen-bond acceptors (Lipinski definition) is 3. The smallest absolute Gasteiger partial charge is 0.127 e. The molecule has 1 unspecified atom stereocenters. The van der Waals surface area contributed by atoms with Crippen LogP contribution in [0.15, 0.2) is 36.5 Å². The minimum absolute atomic E-state index is 0.298. The molecule has 19 heavy (non-hydrogen) atoms. The zero-order chi connectivity index (χ0) is 13.8. The normalized spacial score (nSPS) is 12.4. The quantitative estimate of drug-likeness (QED) is 0.673. The second-order valence-electron chi connectivity index (χ2n) is 4.06. The molecule has 2 aromatic rings. The van der Waals surface area contributed by atoms with Crippen LogP contribution in [0.5, 0.6) is 0 Å². The first kappa shape index (κ1) is 14.2. The zero-order valence-electron chi connectivity index (χ0n) is 9.91. The van der Waals surface area contributed by atoms with Crippen molar-refractivity contribution >= 4 is 23.2 Å². The molecular weight excluding hydrogens is 288 g/mol. The largest absolute Gasteiger partial charge is 0.271 e. The van der Waals surface area contributed by atoms with Crippen molar-refractivity contribution in [1.29, 1.82) is 0 Å². The highest BCUT2D eigenvalue weighted by molar-refractivity contribution is 6.30. The van der Waals surface area contributed by atoms with E-state index in [0.29, 0.717) is 27.7 Å². The molecule has 0 aliphatic carbocycles. The van der Waals surface area contributed by atoms with Gasteiger partial charge in [-0.25, -0.2) is 4.39 Å². The lowest BCUT2D eigenvalue weighted by molar-refractivity contribution is 0.519. The Labute approximate surface area is 120 Å². The molecule has 6 heteroatoms. The lowest BCUT2D eigenvalue weighted by Gasteiger charge is -2.16. The summed E-state index contributed by atoms with van der Waals surface area (Å²) in [5.41, 5.74) is 3.84. The summed E-state index contributed by atoms with van der Waals surface area (Å²) in [4.78, 5) is 4.17. The van der Waals surface area contributed by atoms with Crippen molar-refractivity contribution in [3.8, 4) is 0 Å². The van der Waals surface area contributed by atoms with Gasteiger partial charge in [0.2, 0.25) is 0 Å². The number of hydrazine groups is 1. The van der Waals surface area contributed by atoms with Gasteiger partial charge in [0, 0.05) is 11.2 Å². The van der Waals surface area contributed by atoms with Crippen molar-refractivity contribution in [3.63, 3.8) is 0 Å². The fourth-order valence-electron chi connectivity index (χ4n) is 1.75. The fourth-order valence-corrected chi connectivity index (χ4v) is 2.02. The van der Waals surface area contributed by atoms with E-state index in [4.69, 9.17) is 29.0 Å². The van der Waals surface area contributed by atoms with E-state index in [1.807, 2.05) is 0 Å². The van der Waals surface area contributed by atoms with Gasteiger partial charge in [0.15, 0.2) is 0 Å². The van der Waals surface area contributed by atoms with E-state index in [1.165, 1.54) is 12.3 Å². The van der Waals surface area contributed by atoms with Crippen molar-refractivity contribution in [1.82, 2.24) is 10.4 Å². The lowest BCUT2D eigenvalue weighted by atomic mass is 10.0. The number of nitrogens with zero attached hydrogens (tertiary/aromatic N) is 1. The average molecular weight is 300 g/mol. The van der Waals surface area contributed by atoms with E-state index < -0.39 is 0 Å². The third-order valence-electron chi connectivity index (χ3n) is 2.75. The lowest BCUT2D eigenvalue weighted by Crippen LogP contribution is -2.30. The van der Waals surface area contributed by atoms with E-state index >= 15 is 0 Å². The predicted molar refractivity (Wildman–Crippen MR) is 74.4 cm³/mol. The molecule has 1 aromatic carbocycles. The summed E-state index contributed by atoms with van der Waals surface area (Å²) in [5, 5.41) is 0.903. The molecule has 3 nitrogen and oxygen atoms in total. The SMILES string of the molecule is NNC(Cc1ccc(Cl)cc1F)c1ccc(Cl)cn1. The van der Waals surface area contributed by atoms with Crippen molar-refractivity contribution in [2.24, 2.45) is 5.84 Å². The zero-order valence-corrected chi connectivity index (χ0v) is 11.4. The molecule has 0 saturated heterocycles. The fraction of sp³-hybridized carbons (Fsp3) is 0.154. The van der Waals surface area contributed by atoms with Crippen LogP contribution in [0.4, 0.5) is 4.39 Å². The number of nitrogens with one attached hydrogen (secondary N) is 1. The Bertz CT molecular complexity index is 560. The standard InChI is InChI=1S/C13H12Cl2FN3/c14-9-2-1-8(11(16)6-9)5-13(19-17)12-4-3-10(15)7-18-12/h1-4,6-7,13,19H,5,17H2. The number of benzene rings is 1. The maximum atomic E-state index is 13.7. The first-order chi connectivity index (χ1) is 9.10. The Hall–Kier alpha value is -1.20.